The highest BCUT2D eigenvalue weighted by molar-refractivity contribution is 5.70. The van der Waals surface area contributed by atoms with Crippen LogP contribution in [0.25, 0.3) is 11.4 Å². The van der Waals surface area contributed by atoms with Gasteiger partial charge in [0.15, 0.2) is 0 Å². The fourth-order valence-electron chi connectivity index (χ4n) is 3.94. The molecule has 0 bridgehead atoms. The Morgan fingerprint density at radius 1 is 1.24 bits per heavy atom. The van der Waals surface area contributed by atoms with Gasteiger partial charge in [-0.25, -0.2) is 4.98 Å². The smallest absolute Gasteiger partial charge is 0.306 e. The second-order valence-electron chi connectivity index (χ2n) is 8.17. The molecule has 1 N–H and O–H groups in total. The van der Waals surface area contributed by atoms with E-state index >= 15 is 0 Å². The molecule has 0 aromatic carbocycles. The molecular formula is C23H28N6O4. The molecule has 1 aliphatic rings. The Bertz CT molecular complexity index is 1080. The van der Waals surface area contributed by atoms with Crippen molar-refractivity contribution in [2.24, 2.45) is 13.0 Å². The van der Waals surface area contributed by atoms with E-state index in [1.807, 2.05) is 26.1 Å². The fourth-order valence-corrected chi connectivity index (χ4v) is 3.94. The van der Waals surface area contributed by atoms with E-state index in [0.29, 0.717) is 54.7 Å². The van der Waals surface area contributed by atoms with Gasteiger partial charge in [0.25, 0.3) is 0 Å². The van der Waals surface area contributed by atoms with Gasteiger partial charge < -0.3 is 14.6 Å². The first kappa shape index (κ1) is 22.6. The number of hydrogen-bond acceptors (Lipinski definition) is 8. The monoisotopic (exact) mass is 452 g/mol. The topological polar surface area (TPSA) is 125 Å². The molecular weight excluding hydrogens is 424 g/mol. The third-order valence-corrected chi connectivity index (χ3v) is 5.66. The first-order chi connectivity index (χ1) is 16.0. The van der Waals surface area contributed by atoms with Gasteiger partial charge in [0.1, 0.15) is 17.3 Å². The summed E-state index contributed by atoms with van der Waals surface area (Å²) in [6.45, 7) is 2.64. The number of aliphatic carboxylic acids is 1. The molecule has 10 heteroatoms. The maximum atomic E-state index is 11.3. The molecule has 0 unspecified atom stereocenters. The number of carboxylic acids is 1. The lowest BCUT2D eigenvalue weighted by atomic mass is 9.87. The zero-order valence-electron chi connectivity index (χ0n) is 18.8. The summed E-state index contributed by atoms with van der Waals surface area (Å²) in [4.78, 5) is 24.6. The van der Waals surface area contributed by atoms with Crippen LogP contribution in [0.2, 0.25) is 0 Å². The van der Waals surface area contributed by atoms with Gasteiger partial charge in [0.2, 0.25) is 5.88 Å². The predicted octanol–water partition coefficient (Wildman–Crippen LogP) is 3.07. The van der Waals surface area contributed by atoms with Crippen molar-refractivity contribution in [3.05, 3.63) is 42.1 Å². The summed E-state index contributed by atoms with van der Waals surface area (Å²) in [7, 11) is 1.82. The second kappa shape index (κ2) is 10.4. The standard InChI is InChI=1S/C23H28N6O4/c1-3-11-32-21-9-10-24-20(26-21)13-19-22(27-28-29(19)2)18-8-7-17(14-25-18)33-16-6-4-5-15(12-16)23(30)31/h7-10,14-16H,3-6,11-13H2,1-2H3,(H,30,31)/t15-,16-/m0/s1. The largest absolute Gasteiger partial charge is 0.489 e. The molecule has 0 aliphatic heterocycles. The summed E-state index contributed by atoms with van der Waals surface area (Å²) < 4.78 is 13.3. The van der Waals surface area contributed by atoms with Crippen LogP contribution in [0, 0.1) is 5.92 Å². The highest BCUT2D eigenvalue weighted by Crippen LogP contribution is 2.29. The lowest BCUT2D eigenvalue weighted by molar-refractivity contribution is -0.143. The molecule has 174 valence electrons. The first-order valence-electron chi connectivity index (χ1n) is 11.2. The van der Waals surface area contributed by atoms with Crippen LogP contribution in [0.15, 0.2) is 30.6 Å². The Morgan fingerprint density at radius 3 is 2.88 bits per heavy atom. The molecule has 3 aromatic heterocycles. The maximum absolute atomic E-state index is 11.3. The number of hydrogen-bond donors (Lipinski definition) is 1. The van der Waals surface area contributed by atoms with Gasteiger partial charge in [-0.05, 0) is 44.2 Å². The van der Waals surface area contributed by atoms with Crippen molar-refractivity contribution in [2.45, 2.75) is 51.6 Å². The van der Waals surface area contributed by atoms with E-state index < -0.39 is 5.97 Å². The normalized spacial score (nSPS) is 18.1. The molecule has 33 heavy (non-hydrogen) atoms. The molecule has 0 spiro atoms. The van der Waals surface area contributed by atoms with Crippen LogP contribution in [0.5, 0.6) is 11.6 Å². The van der Waals surface area contributed by atoms with E-state index in [-0.39, 0.29) is 12.0 Å². The number of pyridine rings is 1. The van der Waals surface area contributed by atoms with Gasteiger partial charge in [-0.3, -0.25) is 14.5 Å². The number of carbonyl (C=O) groups is 1. The van der Waals surface area contributed by atoms with Crippen LogP contribution < -0.4 is 9.47 Å². The van der Waals surface area contributed by atoms with Crippen molar-refractivity contribution in [3.63, 3.8) is 0 Å². The van der Waals surface area contributed by atoms with Crippen molar-refractivity contribution in [1.29, 1.82) is 0 Å². The molecule has 10 nitrogen and oxygen atoms in total. The number of aryl methyl sites for hydroxylation is 1. The molecule has 0 amide bonds. The van der Waals surface area contributed by atoms with Gasteiger partial charge in [-0.15, -0.1) is 5.10 Å². The molecule has 1 saturated carbocycles. The summed E-state index contributed by atoms with van der Waals surface area (Å²) in [6, 6.07) is 5.41. The van der Waals surface area contributed by atoms with Crippen molar-refractivity contribution < 1.29 is 19.4 Å². The van der Waals surface area contributed by atoms with Gasteiger partial charge >= 0.3 is 5.97 Å². The van der Waals surface area contributed by atoms with Gasteiger partial charge in [0, 0.05) is 19.3 Å². The molecule has 1 fully saturated rings. The maximum Gasteiger partial charge on any atom is 0.306 e. The minimum absolute atomic E-state index is 0.112. The Morgan fingerprint density at radius 2 is 2.12 bits per heavy atom. The van der Waals surface area contributed by atoms with Gasteiger partial charge in [-0.2, -0.15) is 4.98 Å². The van der Waals surface area contributed by atoms with Crippen molar-refractivity contribution in [3.8, 4) is 23.0 Å². The van der Waals surface area contributed by atoms with Crippen LogP contribution in [0.3, 0.4) is 0 Å². The zero-order valence-corrected chi connectivity index (χ0v) is 18.8. The highest BCUT2D eigenvalue weighted by Gasteiger charge is 2.28. The van der Waals surface area contributed by atoms with Crippen LogP contribution >= 0.6 is 0 Å². The lowest BCUT2D eigenvalue weighted by Crippen LogP contribution is -2.29. The van der Waals surface area contributed by atoms with E-state index in [0.717, 1.165) is 25.0 Å². The third kappa shape index (κ3) is 5.63. The van der Waals surface area contributed by atoms with Crippen molar-refractivity contribution >= 4 is 5.97 Å². The first-order valence-corrected chi connectivity index (χ1v) is 11.2. The summed E-state index contributed by atoms with van der Waals surface area (Å²) in [6.07, 6.45) is 7.48. The van der Waals surface area contributed by atoms with E-state index in [1.165, 1.54) is 0 Å². The summed E-state index contributed by atoms with van der Waals surface area (Å²) in [5.41, 5.74) is 2.15. The number of nitrogens with zero attached hydrogens (tertiary/aromatic N) is 6. The Labute approximate surface area is 192 Å². The molecule has 3 aromatic rings. The quantitative estimate of drug-likeness (QED) is 0.521. The van der Waals surface area contributed by atoms with Crippen LogP contribution in [-0.4, -0.2) is 53.7 Å². The number of aromatic nitrogens is 6. The van der Waals surface area contributed by atoms with Crippen LogP contribution in [-0.2, 0) is 18.3 Å². The summed E-state index contributed by atoms with van der Waals surface area (Å²) >= 11 is 0. The zero-order chi connectivity index (χ0) is 23.2. The summed E-state index contributed by atoms with van der Waals surface area (Å²) in [5, 5.41) is 17.7. The molecule has 0 radical (unpaired) electrons. The van der Waals surface area contributed by atoms with Gasteiger partial charge in [-0.1, -0.05) is 12.1 Å². The minimum atomic E-state index is -0.751. The highest BCUT2D eigenvalue weighted by atomic mass is 16.5. The average Bonchev–Trinajstić information content (AvgIpc) is 3.18. The average molecular weight is 453 g/mol. The van der Waals surface area contributed by atoms with E-state index in [1.54, 1.807) is 23.1 Å². The Hall–Kier alpha value is -3.56. The Balaban J connectivity index is 1.46. The summed E-state index contributed by atoms with van der Waals surface area (Å²) in [5.74, 6) is 0.681. The fraction of sp³-hybridized carbons (Fsp3) is 0.478. The predicted molar refractivity (Wildman–Crippen MR) is 119 cm³/mol. The van der Waals surface area contributed by atoms with Crippen molar-refractivity contribution in [2.75, 3.05) is 6.61 Å². The number of carboxylic acid groups (broad SMARTS) is 1. The van der Waals surface area contributed by atoms with E-state index in [9.17, 15) is 9.90 Å². The molecule has 2 atom stereocenters. The van der Waals surface area contributed by atoms with Crippen LogP contribution in [0.1, 0.15) is 50.5 Å². The second-order valence-corrected chi connectivity index (χ2v) is 8.17. The SMILES string of the molecule is CCCOc1ccnc(Cc2c(-c3ccc(O[C@H]4CCC[C@H](C(=O)O)C4)cn3)nnn2C)n1. The number of ether oxygens (including phenoxy) is 2. The lowest BCUT2D eigenvalue weighted by Gasteiger charge is -2.27. The van der Waals surface area contributed by atoms with E-state index in [4.69, 9.17) is 9.47 Å². The molecule has 1 aliphatic carbocycles. The minimum Gasteiger partial charge on any atom is -0.489 e. The molecule has 4 rings (SSSR count). The van der Waals surface area contributed by atoms with Crippen molar-refractivity contribution in [1.82, 2.24) is 29.9 Å². The molecule has 3 heterocycles. The number of rotatable bonds is 9. The van der Waals surface area contributed by atoms with Gasteiger partial charge in [0.05, 0.1) is 42.6 Å². The molecule has 0 saturated heterocycles. The third-order valence-electron chi connectivity index (χ3n) is 5.66. The Kier molecular flexibility index (Phi) is 7.11. The van der Waals surface area contributed by atoms with E-state index in [2.05, 4.69) is 25.3 Å². The van der Waals surface area contributed by atoms with Crippen LogP contribution in [0.4, 0.5) is 0 Å².